The molecule has 0 heterocycles. The number of carbonyl (C=O) groups excluding carboxylic acids is 1. The van der Waals surface area contributed by atoms with Gasteiger partial charge in [0.2, 0.25) is 10.0 Å². The lowest BCUT2D eigenvalue weighted by molar-refractivity contribution is -0.123. The van der Waals surface area contributed by atoms with Crippen LogP contribution in [-0.4, -0.2) is 25.5 Å². The topological polar surface area (TPSA) is 63.2 Å². The largest absolute Gasteiger partial charge is 0.299 e. The van der Waals surface area contributed by atoms with Crippen molar-refractivity contribution < 1.29 is 13.2 Å². The number of benzene rings is 2. The van der Waals surface area contributed by atoms with E-state index in [1.54, 1.807) is 0 Å². The zero-order chi connectivity index (χ0) is 22.6. The molecule has 0 spiro atoms. The first-order chi connectivity index (χ1) is 14.7. The molecule has 0 radical (unpaired) electrons. The van der Waals surface area contributed by atoms with E-state index in [-0.39, 0.29) is 23.1 Å². The average Bonchev–Trinajstić information content (AvgIpc) is 3.53. The molecule has 31 heavy (non-hydrogen) atoms. The van der Waals surface area contributed by atoms with Gasteiger partial charge in [-0.25, -0.2) is 13.1 Å². The monoisotopic (exact) mass is 441 g/mol. The molecule has 3 unspecified atom stereocenters. The van der Waals surface area contributed by atoms with Crippen LogP contribution in [0, 0.1) is 11.8 Å². The van der Waals surface area contributed by atoms with E-state index in [9.17, 15) is 13.2 Å². The molecule has 2 saturated carbocycles. The molecule has 5 heteroatoms. The van der Waals surface area contributed by atoms with Gasteiger partial charge in [0.25, 0.3) is 0 Å². The lowest BCUT2D eigenvalue weighted by Crippen LogP contribution is -2.32. The number of sulfonamides is 1. The normalized spacial score (nSPS) is 23.7. The Kier molecular flexibility index (Phi) is 7.71. The first-order valence-electron chi connectivity index (χ1n) is 11.4. The van der Waals surface area contributed by atoms with E-state index >= 15 is 0 Å². The van der Waals surface area contributed by atoms with E-state index < -0.39 is 10.0 Å². The van der Waals surface area contributed by atoms with Crippen molar-refractivity contribution in [3.05, 3.63) is 71.8 Å². The molecule has 4 nitrogen and oxygen atoms in total. The summed E-state index contributed by atoms with van der Waals surface area (Å²) in [6, 6.07) is 20.8. The second-order valence-electron chi connectivity index (χ2n) is 9.41. The Bertz CT molecular complexity index is 951. The Morgan fingerprint density at radius 1 is 0.839 bits per heavy atom. The molecule has 168 valence electrons. The van der Waals surface area contributed by atoms with E-state index in [4.69, 9.17) is 0 Å². The van der Waals surface area contributed by atoms with Crippen molar-refractivity contribution >= 4 is 15.8 Å². The maximum Gasteiger partial charge on any atom is 0.214 e. The van der Waals surface area contributed by atoms with Gasteiger partial charge >= 0.3 is 0 Å². The third-order valence-corrected chi connectivity index (χ3v) is 8.29. The second-order valence-corrected chi connectivity index (χ2v) is 11.4. The number of hydrogen-bond donors (Lipinski definition) is 1. The van der Waals surface area contributed by atoms with Gasteiger partial charge in [0.1, 0.15) is 5.78 Å². The highest BCUT2D eigenvalue weighted by Gasteiger charge is 2.44. The van der Waals surface area contributed by atoms with Crippen LogP contribution < -0.4 is 4.72 Å². The Balaban J connectivity index is 0.000000229. The fourth-order valence-corrected chi connectivity index (χ4v) is 6.05. The highest BCUT2D eigenvalue weighted by molar-refractivity contribution is 7.90. The summed E-state index contributed by atoms with van der Waals surface area (Å²) >= 11 is 0. The molecule has 2 aromatic rings. The number of carbonyl (C=O) groups is 1. The number of hydrogen-bond acceptors (Lipinski definition) is 3. The van der Waals surface area contributed by atoms with Crippen LogP contribution in [0.25, 0.3) is 0 Å². The molecule has 0 bridgehead atoms. The fraction of sp³-hybridized carbons (Fsp3) is 0.500. The third-order valence-electron chi connectivity index (χ3n) is 6.14. The average molecular weight is 442 g/mol. The minimum Gasteiger partial charge on any atom is -0.299 e. The zero-order valence-electron chi connectivity index (χ0n) is 19.0. The smallest absolute Gasteiger partial charge is 0.214 e. The Morgan fingerprint density at radius 3 is 1.81 bits per heavy atom. The second kappa shape index (κ2) is 10.1. The van der Waals surface area contributed by atoms with E-state index in [1.807, 2.05) is 38.1 Å². The molecule has 0 amide bonds. The molecule has 0 saturated heterocycles. The van der Waals surface area contributed by atoms with E-state index in [2.05, 4.69) is 55.0 Å². The molecule has 3 atom stereocenters. The molecule has 2 aliphatic carbocycles. The molecule has 2 aromatic carbocycles. The predicted octanol–water partition coefficient (Wildman–Crippen LogP) is 5.28. The van der Waals surface area contributed by atoms with Crippen molar-refractivity contribution in [2.24, 2.45) is 11.8 Å². The van der Waals surface area contributed by atoms with Crippen molar-refractivity contribution in [1.82, 2.24) is 4.72 Å². The summed E-state index contributed by atoms with van der Waals surface area (Å²) in [4.78, 5) is 12.9. The van der Waals surface area contributed by atoms with E-state index in [0.717, 1.165) is 19.3 Å². The van der Waals surface area contributed by atoms with Gasteiger partial charge in [0.05, 0.1) is 5.25 Å². The Morgan fingerprint density at radius 2 is 1.35 bits per heavy atom. The van der Waals surface area contributed by atoms with Crippen molar-refractivity contribution in [3.8, 4) is 0 Å². The fourth-order valence-electron chi connectivity index (χ4n) is 4.44. The Hall–Kier alpha value is -1.98. The summed E-state index contributed by atoms with van der Waals surface area (Å²) in [5, 5.41) is -0.0881. The molecule has 2 aliphatic rings. The van der Waals surface area contributed by atoms with Crippen LogP contribution in [0.5, 0.6) is 0 Å². The lowest BCUT2D eigenvalue weighted by Gasteiger charge is -2.19. The summed E-state index contributed by atoms with van der Waals surface area (Å²) in [7, 11) is -2.94. The van der Waals surface area contributed by atoms with Crippen LogP contribution >= 0.6 is 0 Å². The van der Waals surface area contributed by atoms with Gasteiger partial charge in [-0.15, -0.1) is 0 Å². The van der Waals surface area contributed by atoms with Crippen molar-refractivity contribution in [1.29, 1.82) is 0 Å². The van der Waals surface area contributed by atoms with Crippen molar-refractivity contribution in [2.45, 2.75) is 70.1 Å². The molecule has 0 aliphatic heterocycles. The van der Waals surface area contributed by atoms with Gasteiger partial charge in [-0.2, -0.15) is 0 Å². The summed E-state index contributed by atoms with van der Waals surface area (Å²) in [5.74, 6) is 1.34. The van der Waals surface area contributed by atoms with Gasteiger partial charge in [0, 0.05) is 17.9 Å². The number of rotatable bonds is 6. The zero-order valence-corrected chi connectivity index (χ0v) is 19.8. The quantitative estimate of drug-likeness (QED) is 0.664. The van der Waals surface area contributed by atoms with Crippen LogP contribution in [0.3, 0.4) is 0 Å². The van der Waals surface area contributed by atoms with Gasteiger partial charge < -0.3 is 0 Å². The molecule has 0 aromatic heterocycles. The van der Waals surface area contributed by atoms with Crippen LogP contribution in [0.15, 0.2) is 60.7 Å². The van der Waals surface area contributed by atoms with Crippen LogP contribution in [-0.2, 0) is 14.8 Å². The van der Waals surface area contributed by atoms with E-state index in [1.165, 1.54) is 11.1 Å². The van der Waals surface area contributed by atoms with Crippen molar-refractivity contribution in [3.63, 3.8) is 0 Å². The molecule has 1 N–H and O–H groups in total. The first kappa shape index (κ1) is 23.7. The molecule has 4 rings (SSSR count). The predicted molar refractivity (Wildman–Crippen MR) is 127 cm³/mol. The maximum atomic E-state index is 12.9. The highest BCUT2D eigenvalue weighted by atomic mass is 32.2. The molecular formula is C26H35NO3S. The lowest BCUT2D eigenvalue weighted by atomic mass is 9.84. The SMILES string of the molecule is CC(C)C1CC(c2ccccc2)C(c2ccccc2)C1=O.CC(C)NS(=O)(=O)C1CC1. The molecular weight excluding hydrogens is 406 g/mol. The molecule has 2 fully saturated rings. The maximum absolute atomic E-state index is 12.9. The Labute approximate surface area is 187 Å². The van der Waals surface area contributed by atoms with Crippen molar-refractivity contribution in [2.75, 3.05) is 0 Å². The number of Topliss-reactive ketones (excluding diaryl/α,β-unsaturated/α-hetero) is 1. The van der Waals surface area contributed by atoms with E-state index in [0.29, 0.717) is 17.6 Å². The summed E-state index contributed by atoms with van der Waals surface area (Å²) < 4.78 is 24.7. The summed E-state index contributed by atoms with van der Waals surface area (Å²) in [5.41, 5.74) is 2.46. The van der Waals surface area contributed by atoms with Crippen LogP contribution in [0.4, 0.5) is 0 Å². The number of ketones is 1. The van der Waals surface area contributed by atoms with Gasteiger partial charge in [0.15, 0.2) is 0 Å². The summed E-state index contributed by atoms with van der Waals surface area (Å²) in [6.07, 6.45) is 2.64. The van der Waals surface area contributed by atoms with Crippen LogP contribution in [0.2, 0.25) is 0 Å². The summed E-state index contributed by atoms with van der Waals surface area (Å²) in [6.45, 7) is 8.00. The minimum absolute atomic E-state index is 0.0148. The van der Waals surface area contributed by atoms with Crippen LogP contribution in [0.1, 0.15) is 69.9 Å². The third kappa shape index (κ3) is 6.05. The number of nitrogens with one attached hydrogen (secondary N) is 1. The highest BCUT2D eigenvalue weighted by Crippen LogP contribution is 2.48. The van der Waals surface area contributed by atoms with Gasteiger partial charge in [-0.3, -0.25) is 4.79 Å². The standard InChI is InChI=1S/C20H22O.C6H13NO2S/c1-14(2)17-13-18(15-9-5-3-6-10-15)19(20(17)21)16-11-7-4-8-12-16;1-5(2)7-10(8,9)6-3-4-6/h3-12,14,17-19H,13H2,1-2H3;5-7H,3-4H2,1-2H3. The van der Waals surface area contributed by atoms with Gasteiger partial charge in [-0.1, -0.05) is 74.5 Å². The minimum atomic E-state index is -2.94. The van der Waals surface area contributed by atoms with Gasteiger partial charge in [-0.05, 0) is 56.1 Å². The first-order valence-corrected chi connectivity index (χ1v) is 12.9.